The van der Waals surface area contributed by atoms with E-state index in [2.05, 4.69) is 9.73 Å². The second kappa shape index (κ2) is 2.26. The highest BCUT2D eigenvalue weighted by Crippen LogP contribution is 1.94. The van der Waals surface area contributed by atoms with Crippen molar-refractivity contribution >= 4 is 12.5 Å². The quantitative estimate of drug-likeness (QED) is 0.451. The van der Waals surface area contributed by atoms with Crippen LogP contribution in [0.25, 0.3) is 0 Å². The lowest BCUT2D eigenvalue weighted by Crippen LogP contribution is -2.09. The van der Waals surface area contributed by atoms with E-state index in [1.165, 1.54) is 12.5 Å². The van der Waals surface area contributed by atoms with Crippen molar-refractivity contribution in [1.82, 2.24) is 0 Å². The molecule has 42 valence electrons. The van der Waals surface area contributed by atoms with Crippen molar-refractivity contribution in [2.75, 3.05) is 0 Å². The van der Waals surface area contributed by atoms with Gasteiger partial charge in [0.25, 0.3) is 0 Å². The second-order valence-electron chi connectivity index (χ2n) is 1.29. The van der Waals surface area contributed by atoms with Crippen molar-refractivity contribution in [3.05, 3.63) is 12.3 Å². The highest BCUT2D eigenvalue weighted by molar-refractivity contribution is 5.74. The number of aldehydes is 1. The highest BCUT2D eigenvalue weighted by Gasteiger charge is 2.01. The van der Waals surface area contributed by atoms with Gasteiger partial charge in [-0.3, -0.25) is 4.79 Å². The number of hydrogen-bond acceptors (Lipinski definition) is 3. The van der Waals surface area contributed by atoms with Crippen molar-refractivity contribution in [2.45, 2.75) is 6.23 Å². The van der Waals surface area contributed by atoms with Gasteiger partial charge in [-0.2, -0.15) is 0 Å². The molecular formula is C5H5NO2. The van der Waals surface area contributed by atoms with Crippen LogP contribution >= 0.6 is 0 Å². The fourth-order valence-electron chi connectivity index (χ4n) is 0.398. The van der Waals surface area contributed by atoms with Crippen molar-refractivity contribution < 1.29 is 9.53 Å². The summed E-state index contributed by atoms with van der Waals surface area (Å²) in [5.74, 6) is 0. The minimum absolute atomic E-state index is 0.611. The molecule has 3 nitrogen and oxygen atoms in total. The SMILES string of the molecule is O=CC1N=CC=CO1. The monoisotopic (exact) mass is 111 g/mol. The number of rotatable bonds is 1. The van der Waals surface area contributed by atoms with Crippen LogP contribution in [-0.2, 0) is 9.53 Å². The Labute approximate surface area is 46.7 Å². The summed E-state index contributed by atoms with van der Waals surface area (Å²) in [6.07, 6.45) is 4.62. The van der Waals surface area contributed by atoms with Crippen molar-refractivity contribution in [1.29, 1.82) is 0 Å². The predicted octanol–water partition coefficient (Wildman–Crippen LogP) is 0.126. The number of aliphatic imine (C=N–C) groups is 1. The van der Waals surface area contributed by atoms with Gasteiger partial charge in [0.2, 0.25) is 6.23 Å². The molecule has 1 rings (SSSR count). The first kappa shape index (κ1) is 5.03. The minimum Gasteiger partial charge on any atom is -0.469 e. The molecule has 1 aliphatic heterocycles. The molecule has 8 heavy (non-hydrogen) atoms. The van der Waals surface area contributed by atoms with Crippen LogP contribution < -0.4 is 0 Å². The van der Waals surface area contributed by atoms with Gasteiger partial charge in [-0.25, -0.2) is 4.99 Å². The van der Waals surface area contributed by atoms with E-state index in [1.807, 2.05) is 0 Å². The topological polar surface area (TPSA) is 38.7 Å². The van der Waals surface area contributed by atoms with Crippen LogP contribution in [-0.4, -0.2) is 18.7 Å². The van der Waals surface area contributed by atoms with Crippen molar-refractivity contribution in [3.8, 4) is 0 Å². The van der Waals surface area contributed by atoms with E-state index in [1.54, 1.807) is 6.08 Å². The summed E-state index contributed by atoms with van der Waals surface area (Å²) in [4.78, 5) is 13.5. The molecule has 0 spiro atoms. The fraction of sp³-hybridized carbons (Fsp3) is 0.200. The molecule has 0 aromatic rings. The molecule has 0 aromatic carbocycles. The third-order valence-corrected chi connectivity index (χ3v) is 0.732. The number of nitrogens with zero attached hydrogens (tertiary/aromatic N) is 1. The number of allylic oxidation sites excluding steroid dienone is 1. The summed E-state index contributed by atoms with van der Waals surface area (Å²) in [6.45, 7) is 0. The molecular weight excluding hydrogens is 106 g/mol. The number of carbonyl (C=O) groups is 1. The minimum atomic E-state index is -0.611. The number of hydrogen-bond donors (Lipinski definition) is 0. The molecule has 0 amide bonds. The lowest BCUT2D eigenvalue weighted by atomic mass is 10.5. The molecule has 0 fully saturated rings. The van der Waals surface area contributed by atoms with Gasteiger partial charge in [0, 0.05) is 6.21 Å². The fourth-order valence-corrected chi connectivity index (χ4v) is 0.398. The number of carbonyl (C=O) groups excluding carboxylic acids is 1. The molecule has 1 atom stereocenters. The predicted molar refractivity (Wildman–Crippen MR) is 28.6 cm³/mol. The zero-order valence-electron chi connectivity index (χ0n) is 4.15. The highest BCUT2D eigenvalue weighted by atomic mass is 16.5. The molecule has 0 radical (unpaired) electrons. The first-order chi connectivity index (χ1) is 3.93. The Bertz CT molecular complexity index is 139. The van der Waals surface area contributed by atoms with Gasteiger partial charge in [0.15, 0.2) is 6.29 Å². The lowest BCUT2D eigenvalue weighted by Gasteiger charge is -2.05. The maximum absolute atomic E-state index is 9.89. The van der Waals surface area contributed by atoms with Gasteiger partial charge in [-0.1, -0.05) is 0 Å². The molecule has 1 aliphatic rings. The van der Waals surface area contributed by atoms with E-state index in [4.69, 9.17) is 0 Å². The molecule has 1 heterocycles. The average molecular weight is 111 g/mol. The van der Waals surface area contributed by atoms with E-state index in [0.717, 1.165) is 0 Å². The molecule has 0 saturated carbocycles. The van der Waals surface area contributed by atoms with Gasteiger partial charge >= 0.3 is 0 Å². The van der Waals surface area contributed by atoms with E-state index >= 15 is 0 Å². The third-order valence-electron chi connectivity index (χ3n) is 0.732. The largest absolute Gasteiger partial charge is 0.469 e. The summed E-state index contributed by atoms with van der Waals surface area (Å²) in [5.41, 5.74) is 0. The Morgan fingerprint density at radius 2 is 2.62 bits per heavy atom. The Balaban J connectivity index is 2.51. The van der Waals surface area contributed by atoms with Crippen molar-refractivity contribution in [3.63, 3.8) is 0 Å². The van der Waals surface area contributed by atoms with E-state index in [0.29, 0.717) is 6.29 Å². The molecule has 0 aromatic heterocycles. The molecule has 3 heteroatoms. The van der Waals surface area contributed by atoms with Crippen LogP contribution in [0.5, 0.6) is 0 Å². The Kier molecular flexibility index (Phi) is 1.42. The zero-order chi connectivity index (χ0) is 5.82. The van der Waals surface area contributed by atoms with E-state index in [-0.39, 0.29) is 0 Å². The average Bonchev–Trinajstić information content (AvgIpc) is 1.90. The van der Waals surface area contributed by atoms with E-state index < -0.39 is 6.23 Å². The maximum atomic E-state index is 9.89. The van der Waals surface area contributed by atoms with E-state index in [9.17, 15) is 4.79 Å². The normalized spacial score (nSPS) is 24.8. The maximum Gasteiger partial charge on any atom is 0.244 e. The summed E-state index contributed by atoms with van der Waals surface area (Å²) in [6, 6.07) is 0. The smallest absolute Gasteiger partial charge is 0.244 e. The van der Waals surface area contributed by atoms with Gasteiger partial charge in [-0.15, -0.1) is 0 Å². The third kappa shape index (κ3) is 0.932. The second-order valence-corrected chi connectivity index (χ2v) is 1.29. The number of ether oxygens (including phenoxy) is 1. The lowest BCUT2D eigenvalue weighted by molar-refractivity contribution is -0.114. The standard InChI is InChI=1S/C5H5NO2/c7-4-5-6-2-1-3-8-5/h1-5H. The van der Waals surface area contributed by atoms with Crippen LogP contribution in [0.15, 0.2) is 17.3 Å². The van der Waals surface area contributed by atoms with Crippen LogP contribution in [0.4, 0.5) is 0 Å². The first-order valence-electron chi connectivity index (χ1n) is 2.22. The van der Waals surface area contributed by atoms with Gasteiger partial charge in [-0.05, 0) is 6.08 Å². The molecule has 1 unspecified atom stereocenters. The van der Waals surface area contributed by atoms with Crippen LogP contribution in [0.2, 0.25) is 0 Å². The molecule has 0 aliphatic carbocycles. The van der Waals surface area contributed by atoms with Crippen molar-refractivity contribution in [2.24, 2.45) is 4.99 Å². The van der Waals surface area contributed by atoms with Crippen LogP contribution in [0.1, 0.15) is 0 Å². The first-order valence-corrected chi connectivity index (χ1v) is 2.22. The molecule has 0 saturated heterocycles. The van der Waals surface area contributed by atoms with Crippen LogP contribution in [0, 0.1) is 0 Å². The Morgan fingerprint density at radius 1 is 1.75 bits per heavy atom. The van der Waals surface area contributed by atoms with Gasteiger partial charge < -0.3 is 4.74 Å². The Morgan fingerprint density at radius 3 is 3.00 bits per heavy atom. The summed E-state index contributed by atoms with van der Waals surface area (Å²) >= 11 is 0. The summed E-state index contributed by atoms with van der Waals surface area (Å²) in [5, 5.41) is 0. The molecule has 0 N–H and O–H groups in total. The molecule has 0 bridgehead atoms. The van der Waals surface area contributed by atoms with Crippen LogP contribution in [0.3, 0.4) is 0 Å². The zero-order valence-corrected chi connectivity index (χ0v) is 4.15. The van der Waals surface area contributed by atoms with Gasteiger partial charge in [0.1, 0.15) is 0 Å². The Hall–Kier alpha value is -1.12. The summed E-state index contributed by atoms with van der Waals surface area (Å²) in [7, 11) is 0. The summed E-state index contributed by atoms with van der Waals surface area (Å²) < 4.78 is 4.68. The van der Waals surface area contributed by atoms with Gasteiger partial charge in [0.05, 0.1) is 6.26 Å².